The van der Waals surface area contributed by atoms with Crippen molar-refractivity contribution < 1.29 is 19.5 Å². The lowest BCUT2D eigenvalue weighted by molar-refractivity contribution is -0.120. The molecule has 0 spiro atoms. The third-order valence-corrected chi connectivity index (χ3v) is 5.71. The first-order chi connectivity index (χ1) is 13.5. The predicted molar refractivity (Wildman–Crippen MR) is 102 cm³/mol. The predicted octanol–water partition coefficient (Wildman–Crippen LogP) is 3.32. The monoisotopic (exact) mass is 375 g/mol. The number of amides is 3. The standard InChI is InChI=1S/C21H17N3O4/c1-11-18-14(12-6-2-4-8-15(12)22-18)10-17-19(25)24(21(28)23(11)17)16-9-5-3-7-13(16)20(26)27/h2-9,11,17,22H,10H2,1H3,(H,26,27)/t11-,17-/m0/s1. The zero-order valence-electron chi connectivity index (χ0n) is 15.0. The van der Waals surface area contributed by atoms with Gasteiger partial charge in [-0.2, -0.15) is 0 Å². The normalized spacial score (nSPS) is 21.2. The molecule has 1 saturated heterocycles. The van der Waals surface area contributed by atoms with Crippen molar-refractivity contribution in [2.75, 3.05) is 4.90 Å². The number of aromatic carboxylic acids is 1. The van der Waals surface area contributed by atoms with Gasteiger partial charge in [0.05, 0.1) is 17.3 Å². The Bertz CT molecular complexity index is 1170. The minimum atomic E-state index is -1.18. The molecule has 2 atom stereocenters. The molecule has 0 unspecified atom stereocenters. The lowest BCUT2D eigenvalue weighted by Crippen LogP contribution is -2.42. The molecule has 0 saturated carbocycles. The summed E-state index contributed by atoms with van der Waals surface area (Å²) in [5, 5.41) is 10.5. The molecular weight excluding hydrogens is 358 g/mol. The number of rotatable bonds is 2. The number of fused-ring (bicyclic) bond motifs is 4. The second-order valence-electron chi connectivity index (χ2n) is 7.14. The van der Waals surface area contributed by atoms with Crippen LogP contribution in [0, 0.1) is 0 Å². The van der Waals surface area contributed by atoms with Crippen LogP contribution in [0.4, 0.5) is 10.5 Å². The van der Waals surface area contributed by atoms with Crippen LogP contribution in [0.15, 0.2) is 48.5 Å². The molecule has 7 nitrogen and oxygen atoms in total. The Morgan fingerprint density at radius 2 is 1.82 bits per heavy atom. The van der Waals surface area contributed by atoms with Gasteiger partial charge in [0.25, 0.3) is 5.91 Å². The van der Waals surface area contributed by atoms with Gasteiger partial charge in [-0.05, 0) is 30.7 Å². The quantitative estimate of drug-likeness (QED) is 0.672. The molecule has 0 aliphatic carbocycles. The highest BCUT2D eigenvalue weighted by molar-refractivity contribution is 6.23. The number of aromatic nitrogens is 1. The summed E-state index contributed by atoms with van der Waals surface area (Å²) in [6, 6.07) is 12.5. The Morgan fingerprint density at radius 1 is 1.11 bits per heavy atom. The number of nitrogens with zero attached hydrogens (tertiary/aromatic N) is 2. The highest BCUT2D eigenvalue weighted by Gasteiger charge is 2.52. The first-order valence-electron chi connectivity index (χ1n) is 9.07. The summed E-state index contributed by atoms with van der Waals surface area (Å²) >= 11 is 0. The van der Waals surface area contributed by atoms with E-state index in [9.17, 15) is 19.5 Å². The van der Waals surface area contributed by atoms with E-state index in [1.54, 1.807) is 17.0 Å². The summed E-state index contributed by atoms with van der Waals surface area (Å²) in [5.74, 6) is -1.56. The van der Waals surface area contributed by atoms with Gasteiger partial charge in [0.1, 0.15) is 6.04 Å². The largest absolute Gasteiger partial charge is 0.478 e. The number of hydrogen-bond donors (Lipinski definition) is 2. The number of benzene rings is 2. The molecule has 3 aromatic rings. The average Bonchev–Trinajstić information content (AvgIpc) is 3.18. The van der Waals surface area contributed by atoms with Gasteiger partial charge in [-0.15, -0.1) is 0 Å². The van der Waals surface area contributed by atoms with Gasteiger partial charge in [0.15, 0.2) is 0 Å². The number of H-pyrrole nitrogens is 1. The molecule has 2 N–H and O–H groups in total. The van der Waals surface area contributed by atoms with Gasteiger partial charge in [0, 0.05) is 23.0 Å². The van der Waals surface area contributed by atoms with Crippen LogP contribution >= 0.6 is 0 Å². The first-order valence-corrected chi connectivity index (χ1v) is 9.07. The number of carboxylic acid groups (broad SMARTS) is 1. The minimum absolute atomic E-state index is 0.0688. The number of carbonyl (C=O) groups is 3. The molecule has 2 aliphatic heterocycles. The molecule has 3 heterocycles. The average molecular weight is 375 g/mol. The molecule has 140 valence electrons. The second kappa shape index (κ2) is 5.69. The fourth-order valence-corrected chi connectivity index (χ4v) is 4.43. The molecule has 2 aromatic carbocycles. The molecule has 7 heteroatoms. The Labute approximate surface area is 160 Å². The number of nitrogens with one attached hydrogen (secondary N) is 1. The molecule has 5 rings (SSSR count). The van der Waals surface area contributed by atoms with Gasteiger partial charge in [-0.3, -0.25) is 4.79 Å². The summed E-state index contributed by atoms with van der Waals surface area (Å²) in [4.78, 5) is 43.9. The van der Waals surface area contributed by atoms with E-state index in [4.69, 9.17) is 0 Å². The lowest BCUT2D eigenvalue weighted by atomic mass is 9.93. The Balaban J connectivity index is 1.62. The lowest BCUT2D eigenvalue weighted by Gasteiger charge is -2.33. The van der Waals surface area contributed by atoms with E-state index in [2.05, 4.69) is 4.98 Å². The summed E-state index contributed by atoms with van der Waals surface area (Å²) in [5.41, 5.74) is 2.99. The van der Waals surface area contributed by atoms with Gasteiger partial charge in [-0.25, -0.2) is 14.5 Å². The minimum Gasteiger partial charge on any atom is -0.478 e. The third kappa shape index (κ3) is 2.07. The number of aromatic amines is 1. The highest BCUT2D eigenvalue weighted by Crippen LogP contribution is 2.42. The molecular formula is C21H17N3O4. The zero-order chi connectivity index (χ0) is 19.6. The van der Waals surface area contributed by atoms with E-state index in [1.165, 1.54) is 12.1 Å². The van der Waals surface area contributed by atoms with E-state index in [1.807, 2.05) is 31.2 Å². The summed E-state index contributed by atoms with van der Waals surface area (Å²) in [7, 11) is 0. The van der Waals surface area contributed by atoms with Crippen molar-refractivity contribution in [3.05, 3.63) is 65.4 Å². The third-order valence-electron chi connectivity index (χ3n) is 5.71. The fourth-order valence-electron chi connectivity index (χ4n) is 4.43. The van der Waals surface area contributed by atoms with Crippen molar-refractivity contribution in [3.63, 3.8) is 0 Å². The number of hydrogen-bond acceptors (Lipinski definition) is 3. The van der Waals surface area contributed by atoms with Gasteiger partial charge < -0.3 is 15.0 Å². The van der Waals surface area contributed by atoms with Crippen molar-refractivity contribution in [2.45, 2.75) is 25.4 Å². The maximum absolute atomic E-state index is 13.2. The van der Waals surface area contributed by atoms with Crippen LogP contribution in [0.25, 0.3) is 10.9 Å². The van der Waals surface area contributed by atoms with Crippen LogP contribution in [-0.2, 0) is 11.2 Å². The summed E-state index contributed by atoms with van der Waals surface area (Å²) in [6.45, 7) is 1.89. The van der Waals surface area contributed by atoms with E-state index in [0.29, 0.717) is 6.42 Å². The molecule has 0 radical (unpaired) electrons. The Morgan fingerprint density at radius 3 is 2.61 bits per heavy atom. The summed E-state index contributed by atoms with van der Waals surface area (Å²) < 4.78 is 0. The maximum atomic E-state index is 13.2. The molecule has 0 bridgehead atoms. The van der Waals surface area contributed by atoms with Crippen molar-refractivity contribution in [3.8, 4) is 0 Å². The van der Waals surface area contributed by atoms with Crippen LogP contribution < -0.4 is 4.90 Å². The Hall–Kier alpha value is -3.61. The van der Waals surface area contributed by atoms with Crippen LogP contribution in [0.3, 0.4) is 0 Å². The number of urea groups is 1. The van der Waals surface area contributed by atoms with Crippen molar-refractivity contribution in [1.29, 1.82) is 0 Å². The van der Waals surface area contributed by atoms with E-state index in [0.717, 1.165) is 27.1 Å². The van der Waals surface area contributed by atoms with E-state index < -0.39 is 18.0 Å². The van der Waals surface area contributed by atoms with Crippen LogP contribution in [0.5, 0.6) is 0 Å². The number of anilines is 1. The first kappa shape index (κ1) is 16.6. The SMILES string of the molecule is C[C@H]1c2[nH]c3ccccc3c2C[C@H]2C(=O)N(c3ccccc3C(=O)O)C(=O)N21. The number of para-hydroxylation sites is 2. The second-order valence-corrected chi connectivity index (χ2v) is 7.14. The molecule has 3 amide bonds. The van der Waals surface area contributed by atoms with E-state index >= 15 is 0 Å². The van der Waals surface area contributed by atoms with E-state index in [-0.39, 0.29) is 23.2 Å². The number of imide groups is 1. The van der Waals surface area contributed by atoms with Crippen LogP contribution in [-0.4, -0.2) is 38.9 Å². The van der Waals surface area contributed by atoms with Crippen molar-refractivity contribution in [2.24, 2.45) is 0 Å². The molecule has 1 aromatic heterocycles. The van der Waals surface area contributed by atoms with Crippen LogP contribution in [0.2, 0.25) is 0 Å². The smallest absolute Gasteiger partial charge is 0.337 e. The van der Waals surface area contributed by atoms with Gasteiger partial charge in [0.2, 0.25) is 0 Å². The highest BCUT2D eigenvalue weighted by atomic mass is 16.4. The summed E-state index contributed by atoms with van der Waals surface area (Å²) in [6.07, 6.45) is 0.403. The Kier molecular flexibility index (Phi) is 3.37. The van der Waals surface area contributed by atoms with Crippen molar-refractivity contribution >= 4 is 34.5 Å². The van der Waals surface area contributed by atoms with Crippen LogP contribution in [0.1, 0.15) is 34.6 Å². The molecule has 1 fully saturated rings. The molecule has 2 aliphatic rings. The maximum Gasteiger partial charge on any atom is 0.337 e. The number of carboxylic acids is 1. The fraction of sp³-hybridized carbons (Fsp3) is 0.190. The van der Waals surface area contributed by atoms with Gasteiger partial charge in [-0.1, -0.05) is 30.3 Å². The topological polar surface area (TPSA) is 93.7 Å². The van der Waals surface area contributed by atoms with Gasteiger partial charge >= 0.3 is 12.0 Å². The molecule has 28 heavy (non-hydrogen) atoms. The van der Waals surface area contributed by atoms with Crippen molar-refractivity contribution in [1.82, 2.24) is 9.88 Å². The zero-order valence-corrected chi connectivity index (χ0v) is 15.0. The number of carbonyl (C=O) groups excluding carboxylic acids is 2.